The Morgan fingerprint density at radius 1 is 1.04 bits per heavy atom. The maximum atomic E-state index is 12.9. The molecule has 1 amide bonds. The van der Waals surface area contributed by atoms with Crippen LogP contribution in [0.5, 0.6) is 0 Å². The summed E-state index contributed by atoms with van der Waals surface area (Å²) < 4.78 is 18.6. The molecule has 1 aliphatic rings. The maximum absolute atomic E-state index is 12.9. The first-order valence-electron chi connectivity index (χ1n) is 9.96. The van der Waals surface area contributed by atoms with Crippen LogP contribution in [0.25, 0.3) is 0 Å². The largest absolute Gasteiger partial charge is 0.468 e. The first kappa shape index (κ1) is 20.3. The van der Waals surface area contributed by atoms with E-state index < -0.39 is 0 Å². The lowest BCUT2D eigenvalue weighted by Gasteiger charge is -2.29. The van der Waals surface area contributed by atoms with Crippen molar-refractivity contribution in [2.45, 2.75) is 44.6 Å². The second-order valence-electron chi connectivity index (χ2n) is 7.22. The number of rotatable bonds is 8. The van der Waals surface area contributed by atoms with Crippen molar-refractivity contribution in [3.8, 4) is 0 Å². The van der Waals surface area contributed by atoms with Crippen molar-refractivity contribution in [3.05, 3.63) is 59.8 Å². The second kappa shape index (κ2) is 10.2. The van der Waals surface area contributed by atoms with Gasteiger partial charge in [0, 0.05) is 24.9 Å². The molecular formula is C22H27FN2O3. The van der Waals surface area contributed by atoms with E-state index in [1.54, 1.807) is 6.26 Å². The first-order valence-corrected chi connectivity index (χ1v) is 9.96. The molecule has 28 heavy (non-hydrogen) atoms. The zero-order valence-corrected chi connectivity index (χ0v) is 16.0. The van der Waals surface area contributed by atoms with Gasteiger partial charge in [0.2, 0.25) is 5.91 Å². The summed E-state index contributed by atoms with van der Waals surface area (Å²) in [6.07, 6.45) is 6.64. The number of amides is 1. The Morgan fingerprint density at radius 2 is 1.75 bits per heavy atom. The number of benzene rings is 1. The molecule has 2 heterocycles. The summed E-state index contributed by atoms with van der Waals surface area (Å²) in [5, 5.41) is 2.95. The molecule has 1 aromatic carbocycles. The summed E-state index contributed by atoms with van der Waals surface area (Å²) in [6, 6.07) is 9.21. The van der Waals surface area contributed by atoms with Gasteiger partial charge < -0.3 is 9.73 Å². The Morgan fingerprint density at radius 3 is 2.39 bits per heavy atom. The summed E-state index contributed by atoms with van der Waals surface area (Å²) >= 11 is 0. The number of hydrogen-bond donors (Lipinski definition) is 1. The molecule has 1 aliphatic heterocycles. The molecule has 1 aromatic heterocycles. The van der Waals surface area contributed by atoms with Gasteiger partial charge in [-0.1, -0.05) is 12.8 Å². The number of ketones is 1. The molecule has 5 nitrogen and oxygen atoms in total. The Balaban J connectivity index is 1.51. The van der Waals surface area contributed by atoms with Crippen LogP contribution in [0.3, 0.4) is 0 Å². The zero-order valence-electron chi connectivity index (χ0n) is 16.0. The lowest BCUT2D eigenvalue weighted by molar-refractivity contribution is -0.121. The molecule has 1 unspecified atom stereocenters. The predicted molar refractivity (Wildman–Crippen MR) is 104 cm³/mol. The second-order valence-corrected chi connectivity index (χ2v) is 7.22. The molecule has 0 aliphatic carbocycles. The highest BCUT2D eigenvalue weighted by molar-refractivity contribution is 5.97. The number of Topliss-reactive ketones (excluding diaryl/α,β-unsaturated/α-hetero) is 1. The molecule has 1 saturated heterocycles. The number of carbonyl (C=O) groups excluding carboxylic acids is 2. The monoisotopic (exact) mass is 386 g/mol. The third-order valence-corrected chi connectivity index (χ3v) is 5.19. The lowest BCUT2D eigenvalue weighted by atomic mass is 10.1. The molecule has 1 N–H and O–H groups in total. The topological polar surface area (TPSA) is 62.6 Å². The Hall–Kier alpha value is -2.47. The normalized spacial score (nSPS) is 16.3. The van der Waals surface area contributed by atoms with Gasteiger partial charge >= 0.3 is 0 Å². The third-order valence-electron chi connectivity index (χ3n) is 5.19. The van der Waals surface area contributed by atoms with Crippen molar-refractivity contribution in [2.24, 2.45) is 0 Å². The summed E-state index contributed by atoms with van der Waals surface area (Å²) in [4.78, 5) is 26.8. The van der Waals surface area contributed by atoms with Gasteiger partial charge in [0.1, 0.15) is 11.6 Å². The average Bonchev–Trinajstić information content (AvgIpc) is 3.09. The van der Waals surface area contributed by atoms with Crippen LogP contribution in [0, 0.1) is 5.82 Å². The van der Waals surface area contributed by atoms with Crippen LogP contribution >= 0.6 is 0 Å². The van der Waals surface area contributed by atoms with Crippen molar-refractivity contribution < 1.29 is 18.4 Å². The minimum absolute atomic E-state index is 0.00449. The van der Waals surface area contributed by atoms with Gasteiger partial charge in [-0.15, -0.1) is 0 Å². The van der Waals surface area contributed by atoms with Crippen molar-refractivity contribution in [3.63, 3.8) is 0 Å². The fourth-order valence-corrected chi connectivity index (χ4v) is 3.60. The molecule has 1 fully saturated rings. The standard InChI is InChI=1S/C22H27FN2O3/c23-18-9-7-17(8-10-18)20(26)11-12-22(27)24-16-19(21-6-5-15-28-21)25-13-3-1-2-4-14-25/h5-10,15,19H,1-4,11-14,16H2,(H,24,27). The van der Waals surface area contributed by atoms with Crippen molar-refractivity contribution in [2.75, 3.05) is 19.6 Å². The SMILES string of the molecule is O=C(CCC(=O)c1ccc(F)cc1)NCC(c1ccco1)N1CCCCCC1. The van der Waals surface area contributed by atoms with Gasteiger partial charge in [-0.25, -0.2) is 4.39 Å². The van der Waals surface area contributed by atoms with Gasteiger partial charge in [0.15, 0.2) is 5.78 Å². The quantitative estimate of drug-likeness (QED) is 0.694. The molecule has 3 rings (SSSR count). The Kier molecular flexibility index (Phi) is 7.37. The Bertz CT molecular complexity index is 751. The summed E-state index contributed by atoms with van der Waals surface area (Å²) in [6.45, 7) is 2.44. The van der Waals surface area contributed by atoms with E-state index in [9.17, 15) is 14.0 Å². The molecule has 0 radical (unpaired) electrons. The number of nitrogens with zero attached hydrogens (tertiary/aromatic N) is 1. The number of likely N-dealkylation sites (tertiary alicyclic amines) is 1. The molecule has 0 bridgehead atoms. The zero-order chi connectivity index (χ0) is 19.8. The molecule has 0 saturated carbocycles. The van der Waals surface area contributed by atoms with Crippen LogP contribution in [0.1, 0.15) is 60.7 Å². The van der Waals surface area contributed by atoms with Crippen LogP contribution in [0.4, 0.5) is 4.39 Å². The highest BCUT2D eigenvalue weighted by Crippen LogP contribution is 2.24. The van der Waals surface area contributed by atoms with Crippen LogP contribution in [-0.2, 0) is 4.79 Å². The minimum Gasteiger partial charge on any atom is -0.468 e. The van der Waals surface area contributed by atoms with E-state index in [-0.39, 0.29) is 36.4 Å². The number of hydrogen-bond acceptors (Lipinski definition) is 4. The van der Waals surface area contributed by atoms with Crippen molar-refractivity contribution in [1.82, 2.24) is 10.2 Å². The Labute approximate surface area is 164 Å². The molecule has 0 spiro atoms. The van der Waals surface area contributed by atoms with Gasteiger partial charge in [-0.2, -0.15) is 0 Å². The maximum Gasteiger partial charge on any atom is 0.220 e. The van der Waals surface area contributed by atoms with Gasteiger partial charge in [-0.05, 0) is 62.3 Å². The van der Waals surface area contributed by atoms with E-state index in [2.05, 4.69) is 10.2 Å². The van der Waals surface area contributed by atoms with Gasteiger partial charge in [0.25, 0.3) is 0 Å². The van der Waals surface area contributed by atoms with Crippen LogP contribution in [-0.4, -0.2) is 36.2 Å². The van der Waals surface area contributed by atoms with E-state index in [1.165, 1.54) is 37.1 Å². The number of furan rings is 1. The van der Waals surface area contributed by atoms with E-state index in [1.807, 2.05) is 12.1 Å². The molecule has 150 valence electrons. The number of halogens is 1. The van der Waals surface area contributed by atoms with Crippen molar-refractivity contribution >= 4 is 11.7 Å². The molecule has 2 aromatic rings. The van der Waals surface area contributed by atoms with E-state index in [0.29, 0.717) is 12.1 Å². The minimum atomic E-state index is -0.383. The molecular weight excluding hydrogens is 359 g/mol. The first-order chi connectivity index (χ1) is 13.6. The fourth-order valence-electron chi connectivity index (χ4n) is 3.60. The van der Waals surface area contributed by atoms with E-state index >= 15 is 0 Å². The predicted octanol–water partition coefficient (Wildman–Crippen LogP) is 4.12. The summed E-state index contributed by atoms with van der Waals surface area (Å²) in [5.41, 5.74) is 0.423. The van der Waals surface area contributed by atoms with E-state index in [4.69, 9.17) is 4.42 Å². The molecule has 6 heteroatoms. The fraction of sp³-hybridized carbons (Fsp3) is 0.455. The number of nitrogens with one attached hydrogen (secondary N) is 1. The summed E-state index contributed by atoms with van der Waals surface area (Å²) in [7, 11) is 0. The third kappa shape index (κ3) is 5.76. The number of carbonyl (C=O) groups is 2. The van der Waals surface area contributed by atoms with Crippen molar-refractivity contribution in [1.29, 1.82) is 0 Å². The highest BCUT2D eigenvalue weighted by Gasteiger charge is 2.24. The van der Waals surface area contributed by atoms with E-state index in [0.717, 1.165) is 31.7 Å². The molecule has 1 atom stereocenters. The van der Waals surface area contributed by atoms with Gasteiger partial charge in [-0.3, -0.25) is 14.5 Å². The van der Waals surface area contributed by atoms with Gasteiger partial charge in [0.05, 0.1) is 12.3 Å². The van der Waals surface area contributed by atoms with Crippen LogP contribution < -0.4 is 5.32 Å². The van der Waals surface area contributed by atoms with Crippen LogP contribution in [0.2, 0.25) is 0 Å². The lowest BCUT2D eigenvalue weighted by Crippen LogP contribution is -2.38. The smallest absolute Gasteiger partial charge is 0.220 e. The highest BCUT2D eigenvalue weighted by atomic mass is 19.1. The average molecular weight is 386 g/mol. The van der Waals surface area contributed by atoms with Crippen LogP contribution in [0.15, 0.2) is 47.1 Å². The summed E-state index contributed by atoms with van der Waals surface area (Å²) in [5.74, 6) is 0.142.